The van der Waals surface area contributed by atoms with Crippen LogP contribution in [0.5, 0.6) is 0 Å². The van der Waals surface area contributed by atoms with Crippen molar-refractivity contribution in [2.75, 3.05) is 6.61 Å². The van der Waals surface area contributed by atoms with Crippen LogP contribution in [0.1, 0.15) is 12.8 Å². The van der Waals surface area contributed by atoms with E-state index in [2.05, 4.69) is 4.57 Å². The summed E-state index contributed by atoms with van der Waals surface area (Å²) in [6.45, 7) is 1.61. The Kier molecular flexibility index (Phi) is 3.20. The molecule has 1 fully saturated rings. The van der Waals surface area contributed by atoms with Crippen LogP contribution in [-0.4, -0.2) is 22.3 Å². The molecular weight excluding hydrogens is 288 g/mol. The minimum absolute atomic E-state index is 0.232. The van der Waals surface area contributed by atoms with Crippen LogP contribution in [0.15, 0.2) is 41.0 Å². The number of nitrogens with zero attached hydrogens (tertiary/aromatic N) is 2. The van der Waals surface area contributed by atoms with Crippen molar-refractivity contribution in [3.05, 3.63) is 41.6 Å². The van der Waals surface area contributed by atoms with E-state index in [-0.39, 0.29) is 6.10 Å². The summed E-state index contributed by atoms with van der Waals surface area (Å²) in [6, 6.07) is 9.55. The summed E-state index contributed by atoms with van der Waals surface area (Å²) in [5.74, 6) is 1.59. The second-order valence-electron chi connectivity index (χ2n) is 5.29. The first-order valence-electron chi connectivity index (χ1n) is 7.12. The first-order valence-corrected chi connectivity index (χ1v) is 7.50. The van der Waals surface area contributed by atoms with E-state index in [0.29, 0.717) is 5.02 Å². The molecule has 1 aliphatic heterocycles. The van der Waals surface area contributed by atoms with Gasteiger partial charge in [-0.05, 0) is 43.2 Å². The molecule has 3 heterocycles. The number of hydrogen-bond acceptors (Lipinski definition) is 3. The number of benzene rings is 1. The molecule has 21 heavy (non-hydrogen) atoms. The predicted octanol–water partition coefficient (Wildman–Crippen LogP) is 4.13. The van der Waals surface area contributed by atoms with E-state index in [9.17, 15) is 0 Å². The van der Waals surface area contributed by atoms with Crippen LogP contribution in [0.25, 0.3) is 22.6 Å². The first kappa shape index (κ1) is 12.9. The van der Waals surface area contributed by atoms with Crippen molar-refractivity contribution >= 4 is 22.6 Å². The van der Waals surface area contributed by atoms with Crippen LogP contribution in [0, 0.1) is 0 Å². The molecule has 2 aromatic heterocycles. The Hall–Kier alpha value is -1.78. The molecule has 1 aliphatic rings. The number of aromatic nitrogens is 2. The lowest BCUT2D eigenvalue weighted by Crippen LogP contribution is -2.15. The summed E-state index contributed by atoms with van der Waals surface area (Å²) >= 11 is 6.15. The van der Waals surface area contributed by atoms with Crippen LogP contribution in [-0.2, 0) is 11.3 Å². The predicted molar refractivity (Wildman–Crippen MR) is 81.4 cm³/mol. The maximum Gasteiger partial charge on any atom is 0.177 e. The molecule has 0 N–H and O–H groups in total. The van der Waals surface area contributed by atoms with Gasteiger partial charge in [-0.15, -0.1) is 0 Å². The lowest BCUT2D eigenvalue weighted by atomic mass is 10.2. The van der Waals surface area contributed by atoms with Gasteiger partial charge in [0.2, 0.25) is 0 Å². The summed E-state index contributed by atoms with van der Waals surface area (Å²) in [5.41, 5.74) is 1.94. The molecule has 4 nitrogen and oxygen atoms in total. The Balaban J connectivity index is 1.86. The highest BCUT2D eigenvalue weighted by Gasteiger charge is 2.21. The van der Waals surface area contributed by atoms with Crippen molar-refractivity contribution in [2.24, 2.45) is 0 Å². The van der Waals surface area contributed by atoms with E-state index in [0.717, 1.165) is 48.6 Å². The summed E-state index contributed by atoms with van der Waals surface area (Å²) in [6.07, 6.45) is 4.10. The van der Waals surface area contributed by atoms with Crippen molar-refractivity contribution in [3.8, 4) is 11.6 Å². The van der Waals surface area contributed by atoms with E-state index in [1.807, 2.05) is 30.3 Å². The van der Waals surface area contributed by atoms with Gasteiger partial charge in [0.15, 0.2) is 11.6 Å². The molecule has 1 unspecified atom stereocenters. The molecule has 5 heteroatoms. The van der Waals surface area contributed by atoms with Gasteiger partial charge in [0.05, 0.1) is 29.9 Å². The summed E-state index contributed by atoms with van der Waals surface area (Å²) in [5, 5.41) is 0.710. The Morgan fingerprint density at radius 3 is 3.05 bits per heavy atom. The number of imidazole rings is 1. The van der Waals surface area contributed by atoms with Gasteiger partial charge in [0.1, 0.15) is 0 Å². The Morgan fingerprint density at radius 1 is 1.33 bits per heavy atom. The molecule has 0 saturated carbocycles. The minimum Gasteiger partial charge on any atom is -0.461 e. The SMILES string of the molecule is Clc1ccc2nc(-c3ccco3)n(CC3CCCO3)c2c1. The monoisotopic (exact) mass is 302 g/mol. The van der Waals surface area contributed by atoms with Crippen molar-refractivity contribution in [1.82, 2.24) is 9.55 Å². The maximum absolute atomic E-state index is 6.15. The summed E-state index contributed by atoms with van der Waals surface area (Å²) in [7, 11) is 0. The standard InChI is InChI=1S/C16H15ClN2O2/c17-11-5-6-13-14(9-11)19(10-12-3-1-7-20-12)16(18-13)15-4-2-8-21-15/h2,4-6,8-9,12H,1,3,7,10H2. The number of ether oxygens (including phenoxy) is 1. The molecule has 4 rings (SSSR count). The fourth-order valence-corrected chi connectivity index (χ4v) is 3.03. The Morgan fingerprint density at radius 2 is 2.29 bits per heavy atom. The van der Waals surface area contributed by atoms with Crippen molar-refractivity contribution < 1.29 is 9.15 Å². The van der Waals surface area contributed by atoms with Gasteiger partial charge >= 0.3 is 0 Å². The third-order valence-corrected chi connectivity index (χ3v) is 4.10. The van der Waals surface area contributed by atoms with E-state index in [1.54, 1.807) is 6.26 Å². The highest BCUT2D eigenvalue weighted by molar-refractivity contribution is 6.31. The largest absolute Gasteiger partial charge is 0.461 e. The molecule has 1 saturated heterocycles. The van der Waals surface area contributed by atoms with Gasteiger partial charge < -0.3 is 13.7 Å². The third-order valence-electron chi connectivity index (χ3n) is 3.86. The molecule has 0 spiro atoms. The van der Waals surface area contributed by atoms with Gasteiger partial charge in [-0.3, -0.25) is 0 Å². The fourth-order valence-electron chi connectivity index (χ4n) is 2.87. The zero-order chi connectivity index (χ0) is 14.2. The van der Waals surface area contributed by atoms with Crippen LogP contribution in [0.2, 0.25) is 5.02 Å². The number of fused-ring (bicyclic) bond motifs is 1. The van der Waals surface area contributed by atoms with E-state index < -0.39 is 0 Å². The maximum atomic E-state index is 6.15. The third kappa shape index (κ3) is 2.34. The molecule has 1 aromatic carbocycles. The molecule has 0 aliphatic carbocycles. The number of halogens is 1. The average Bonchev–Trinajstić information content (AvgIpc) is 3.20. The zero-order valence-electron chi connectivity index (χ0n) is 11.5. The second-order valence-corrected chi connectivity index (χ2v) is 5.73. The normalized spacial score (nSPS) is 18.6. The topological polar surface area (TPSA) is 40.2 Å². The van der Waals surface area contributed by atoms with Gasteiger partial charge in [0.25, 0.3) is 0 Å². The fraction of sp³-hybridized carbons (Fsp3) is 0.312. The smallest absolute Gasteiger partial charge is 0.177 e. The number of hydrogen-bond donors (Lipinski definition) is 0. The van der Waals surface area contributed by atoms with E-state index in [4.69, 9.17) is 25.7 Å². The molecule has 108 valence electrons. The van der Waals surface area contributed by atoms with E-state index in [1.165, 1.54) is 0 Å². The summed E-state index contributed by atoms with van der Waals surface area (Å²) < 4.78 is 13.4. The molecule has 0 amide bonds. The summed E-state index contributed by atoms with van der Waals surface area (Å²) in [4.78, 5) is 4.69. The number of rotatable bonds is 3. The molecule has 0 bridgehead atoms. The first-order chi connectivity index (χ1) is 10.3. The van der Waals surface area contributed by atoms with E-state index >= 15 is 0 Å². The second kappa shape index (κ2) is 5.20. The van der Waals surface area contributed by atoms with Crippen LogP contribution in [0.4, 0.5) is 0 Å². The minimum atomic E-state index is 0.232. The molecule has 1 atom stereocenters. The van der Waals surface area contributed by atoms with Crippen molar-refractivity contribution in [2.45, 2.75) is 25.5 Å². The van der Waals surface area contributed by atoms with Crippen LogP contribution >= 0.6 is 11.6 Å². The van der Waals surface area contributed by atoms with Gasteiger partial charge in [0, 0.05) is 11.6 Å². The van der Waals surface area contributed by atoms with Gasteiger partial charge in [-0.25, -0.2) is 4.98 Å². The molecule has 3 aromatic rings. The van der Waals surface area contributed by atoms with Crippen molar-refractivity contribution in [1.29, 1.82) is 0 Å². The Labute approximate surface area is 127 Å². The van der Waals surface area contributed by atoms with Crippen LogP contribution < -0.4 is 0 Å². The molecular formula is C16H15ClN2O2. The van der Waals surface area contributed by atoms with Gasteiger partial charge in [-0.2, -0.15) is 0 Å². The quantitative estimate of drug-likeness (QED) is 0.730. The van der Waals surface area contributed by atoms with Crippen LogP contribution in [0.3, 0.4) is 0 Å². The van der Waals surface area contributed by atoms with Gasteiger partial charge in [-0.1, -0.05) is 11.6 Å². The van der Waals surface area contributed by atoms with Crippen molar-refractivity contribution in [3.63, 3.8) is 0 Å². The lowest BCUT2D eigenvalue weighted by molar-refractivity contribution is 0.0982. The zero-order valence-corrected chi connectivity index (χ0v) is 12.2. The molecule has 0 radical (unpaired) electrons. The highest BCUT2D eigenvalue weighted by atomic mass is 35.5. The highest BCUT2D eigenvalue weighted by Crippen LogP contribution is 2.28. The Bertz CT molecular complexity index is 758. The number of furan rings is 1. The lowest BCUT2D eigenvalue weighted by Gasteiger charge is -2.13. The average molecular weight is 303 g/mol.